The van der Waals surface area contributed by atoms with Crippen LogP contribution in [-0.4, -0.2) is 50.4 Å². The van der Waals surface area contributed by atoms with Crippen molar-refractivity contribution in [3.05, 3.63) is 125 Å². The Labute approximate surface area is 283 Å². The molecule has 0 saturated heterocycles. The van der Waals surface area contributed by atoms with Crippen LogP contribution in [0.5, 0.6) is 5.75 Å². The summed E-state index contributed by atoms with van der Waals surface area (Å²) in [6.45, 7) is 7.58. The molecule has 0 aliphatic carbocycles. The van der Waals surface area contributed by atoms with Crippen molar-refractivity contribution >= 4 is 39.1 Å². The number of aryl methyl sites for hydroxylation is 1. The molecule has 4 aromatic carbocycles. The van der Waals surface area contributed by atoms with Gasteiger partial charge >= 0.3 is 0 Å². The molecule has 0 heterocycles. The summed E-state index contributed by atoms with van der Waals surface area (Å²) in [6, 6.07) is 28.5. The number of nitrogens with one attached hydrogen (secondary N) is 1. The lowest BCUT2D eigenvalue weighted by molar-refractivity contribution is -0.140. The molecule has 47 heavy (non-hydrogen) atoms. The smallest absolute Gasteiger partial charge is 0.264 e. The van der Waals surface area contributed by atoms with Crippen molar-refractivity contribution in [3.8, 4) is 5.75 Å². The fraction of sp³-hybridized carbons (Fsp3) is 0.297. The summed E-state index contributed by atoms with van der Waals surface area (Å²) in [5.41, 5.74) is 2.79. The second-order valence-electron chi connectivity index (χ2n) is 11.4. The van der Waals surface area contributed by atoms with Crippen molar-refractivity contribution in [2.24, 2.45) is 0 Å². The molecule has 2 atom stereocenters. The average molecular weight is 676 g/mol. The molecule has 2 amide bonds. The zero-order valence-corrected chi connectivity index (χ0v) is 28.8. The molecule has 0 radical (unpaired) electrons. The zero-order valence-electron chi connectivity index (χ0n) is 27.2. The van der Waals surface area contributed by atoms with E-state index >= 15 is 0 Å². The lowest BCUT2D eigenvalue weighted by Crippen LogP contribution is -2.54. The van der Waals surface area contributed by atoms with Crippen LogP contribution < -0.4 is 14.4 Å². The Bertz CT molecular complexity index is 1720. The molecule has 0 saturated carbocycles. The van der Waals surface area contributed by atoms with Gasteiger partial charge in [-0.15, -0.1) is 0 Å². The van der Waals surface area contributed by atoms with Crippen LogP contribution in [0.3, 0.4) is 0 Å². The zero-order chi connectivity index (χ0) is 34.0. The maximum Gasteiger partial charge on any atom is 0.264 e. The monoisotopic (exact) mass is 675 g/mol. The van der Waals surface area contributed by atoms with E-state index < -0.39 is 28.5 Å². The van der Waals surface area contributed by atoms with Crippen molar-refractivity contribution in [3.63, 3.8) is 0 Å². The summed E-state index contributed by atoms with van der Waals surface area (Å²) >= 11 is 6.16. The van der Waals surface area contributed by atoms with E-state index in [1.807, 2.05) is 58.0 Å². The first-order valence-electron chi connectivity index (χ1n) is 15.7. The SMILES string of the molecule is CCOc1ccc(N(CC(=O)N(Cc2ccc(Cl)cc2)[C@H](Cc2ccccc2)C(=O)N[C@H](C)CC)S(=O)(=O)c2ccc(C)cc2)cc1. The molecule has 0 aliphatic heterocycles. The van der Waals surface area contributed by atoms with Gasteiger partial charge in [-0.05, 0) is 86.8 Å². The first-order valence-corrected chi connectivity index (χ1v) is 17.5. The third kappa shape index (κ3) is 9.59. The molecular formula is C37H42ClN3O5S. The normalized spacial score (nSPS) is 12.5. The number of hydrogen-bond acceptors (Lipinski definition) is 5. The molecule has 0 bridgehead atoms. The van der Waals surface area contributed by atoms with Gasteiger partial charge in [-0.3, -0.25) is 13.9 Å². The van der Waals surface area contributed by atoms with Crippen LogP contribution in [0.4, 0.5) is 5.69 Å². The van der Waals surface area contributed by atoms with Crippen LogP contribution >= 0.6 is 11.6 Å². The highest BCUT2D eigenvalue weighted by atomic mass is 35.5. The minimum Gasteiger partial charge on any atom is -0.494 e. The summed E-state index contributed by atoms with van der Waals surface area (Å²) in [5, 5.41) is 3.58. The minimum absolute atomic E-state index is 0.0457. The topological polar surface area (TPSA) is 96.0 Å². The predicted octanol–water partition coefficient (Wildman–Crippen LogP) is 6.80. The van der Waals surface area contributed by atoms with E-state index in [1.54, 1.807) is 60.7 Å². The first kappa shape index (κ1) is 35.5. The molecule has 4 rings (SSSR count). The highest BCUT2D eigenvalue weighted by Gasteiger charge is 2.35. The van der Waals surface area contributed by atoms with E-state index in [4.69, 9.17) is 16.3 Å². The lowest BCUT2D eigenvalue weighted by atomic mass is 10.0. The fourth-order valence-electron chi connectivity index (χ4n) is 5.02. The van der Waals surface area contributed by atoms with Crippen molar-refractivity contribution in [1.82, 2.24) is 10.2 Å². The fourth-order valence-corrected chi connectivity index (χ4v) is 6.56. The summed E-state index contributed by atoms with van der Waals surface area (Å²) in [7, 11) is -4.20. The summed E-state index contributed by atoms with van der Waals surface area (Å²) < 4.78 is 35.1. The molecule has 248 valence electrons. The van der Waals surface area contributed by atoms with E-state index in [-0.39, 0.29) is 35.5 Å². The summed E-state index contributed by atoms with van der Waals surface area (Å²) in [5.74, 6) is -0.284. The van der Waals surface area contributed by atoms with Crippen LogP contribution in [0.2, 0.25) is 5.02 Å². The number of sulfonamides is 1. The van der Waals surface area contributed by atoms with Crippen molar-refractivity contribution in [1.29, 1.82) is 0 Å². The number of carbonyl (C=O) groups excluding carboxylic acids is 2. The van der Waals surface area contributed by atoms with Gasteiger partial charge in [-0.2, -0.15) is 0 Å². The van der Waals surface area contributed by atoms with Crippen LogP contribution in [0, 0.1) is 6.92 Å². The van der Waals surface area contributed by atoms with Gasteiger partial charge in [0.15, 0.2) is 0 Å². The molecular weight excluding hydrogens is 634 g/mol. The summed E-state index contributed by atoms with van der Waals surface area (Å²) in [6.07, 6.45) is 0.936. The van der Waals surface area contributed by atoms with Crippen LogP contribution in [0.15, 0.2) is 108 Å². The van der Waals surface area contributed by atoms with Crippen LogP contribution in [0.25, 0.3) is 0 Å². The number of ether oxygens (including phenoxy) is 1. The van der Waals surface area contributed by atoms with Crippen LogP contribution in [0.1, 0.15) is 43.9 Å². The standard InChI is InChI=1S/C37H42ClN3O5S/c1-5-28(4)39-37(43)35(24-29-10-8-7-9-11-29)40(25-30-14-16-31(38)17-15-30)36(42)26-41(32-18-20-33(21-19-32)46-6-2)47(44,45)34-22-12-27(3)13-23-34/h7-23,28,35H,5-6,24-26H2,1-4H3,(H,39,43)/t28-,35-/m1/s1. The van der Waals surface area contributed by atoms with Crippen molar-refractivity contribution in [2.45, 2.75) is 64.1 Å². The Balaban J connectivity index is 1.80. The second kappa shape index (κ2) is 16.5. The number of amides is 2. The Morgan fingerprint density at radius 2 is 1.49 bits per heavy atom. The predicted molar refractivity (Wildman–Crippen MR) is 187 cm³/mol. The van der Waals surface area contributed by atoms with Gasteiger partial charge in [0.25, 0.3) is 10.0 Å². The van der Waals surface area contributed by atoms with Crippen molar-refractivity contribution < 1.29 is 22.7 Å². The number of nitrogens with zero attached hydrogens (tertiary/aromatic N) is 2. The number of carbonyl (C=O) groups is 2. The molecule has 1 N–H and O–H groups in total. The average Bonchev–Trinajstić information content (AvgIpc) is 3.07. The first-order chi connectivity index (χ1) is 22.5. The summed E-state index contributed by atoms with van der Waals surface area (Å²) in [4.78, 5) is 30.0. The van der Waals surface area contributed by atoms with E-state index in [1.165, 1.54) is 17.0 Å². The maximum absolute atomic E-state index is 14.6. The highest BCUT2D eigenvalue weighted by molar-refractivity contribution is 7.92. The van der Waals surface area contributed by atoms with Gasteiger partial charge < -0.3 is 15.0 Å². The van der Waals surface area contributed by atoms with Gasteiger partial charge in [-0.25, -0.2) is 8.42 Å². The molecule has 4 aromatic rings. The van der Waals surface area contributed by atoms with E-state index in [0.29, 0.717) is 23.8 Å². The van der Waals surface area contributed by atoms with Gasteiger partial charge in [0.1, 0.15) is 18.3 Å². The number of rotatable bonds is 15. The van der Waals surface area contributed by atoms with Gasteiger partial charge in [0.05, 0.1) is 17.2 Å². The van der Waals surface area contributed by atoms with Crippen LogP contribution in [-0.2, 0) is 32.6 Å². The third-order valence-electron chi connectivity index (χ3n) is 7.86. The highest BCUT2D eigenvalue weighted by Crippen LogP contribution is 2.27. The Morgan fingerprint density at radius 3 is 2.09 bits per heavy atom. The van der Waals surface area contributed by atoms with E-state index in [2.05, 4.69) is 5.32 Å². The molecule has 0 aliphatic rings. The molecule has 0 fully saturated rings. The number of benzene rings is 4. The quantitative estimate of drug-likeness (QED) is 0.150. The number of anilines is 1. The minimum atomic E-state index is -4.20. The van der Waals surface area contributed by atoms with Gasteiger partial charge in [0.2, 0.25) is 11.8 Å². The van der Waals surface area contributed by atoms with E-state index in [0.717, 1.165) is 21.0 Å². The Hall–Kier alpha value is -4.34. The Morgan fingerprint density at radius 1 is 0.851 bits per heavy atom. The van der Waals surface area contributed by atoms with Gasteiger partial charge in [0, 0.05) is 24.0 Å². The number of halogens is 1. The third-order valence-corrected chi connectivity index (χ3v) is 9.90. The van der Waals surface area contributed by atoms with E-state index in [9.17, 15) is 18.0 Å². The number of hydrogen-bond donors (Lipinski definition) is 1. The molecule has 10 heteroatoms. The lowest BCUT2D eigenvalue weighted by Gasteiger charge is -2.34. The molecule has 0 unspecified atom stereocenters. The molecule has 8 nitrogen and oxygen atoms in total. The Kier molecular flexibility index (Phi) is 12.4. The maximum atomic E-state index is 14.6. The largest absolute Gasteiger partial charge is 0.494 e. The second-order valence-corrected chi connectivity index (χ2v) is 13.7. The van der Waals surface area contributed by atoms with Crippen molar-refractivity contribution in [2.75, 3.05) is 17.5 Å². The van der Waals surface area contributed by atoms with Gasteiger partial charge in [-0.1, -0.05) is 78.7 Å². The molecule has 0 aromatic heterocycles. The molecule has 0 spiro atoms.